The van der Waals surface area contributed by atoms with E-state index in [0.29, 0.717) is 6.54 Å². The fourth-order valence-electron chi connectivity index (χ4n) is 2.69. The summed E-state index contributed by atoms with van der Waals surface area (Å²) < 4.78 is 1.03. The third-order valence-corrected chi connectivity index (χ3v) is 5.71. The van der Waals surface area contributed by atoms with Crippen LogP contribution in [0.4, 0.5) is 0 Å². The predicted molar refractivity (Wildman–Crippen MR) is 102 cm³/mol. The first-order chi connectivity index (χ1) is 11.4. The first kappa shape index (κ1) is 19.3. The Kier molecular flexibility index (Phi) is 7.16. The zero-order chi connectivity index (χ0) is 17.7. The van der Waals surface area contributed by atoms with Gasteiger partial charge in [0.15, 0.2) is 0 Å². The Labute approximate surface area is 156 Å². The highest BCUT2D eigenvalue weighted by Gasteiger charge is 2.28. The highest BCUT2D eigenvalue weighted by atomic mass is 79.9. The molecule has 1 aliphatic rings. The molecule has 1 aromatic rings. The standard InChI is InChI=1S/C18H25BrN2O2S/c1-12(2)17(22)20-15-5-4-10-21(11-15)18(23)13(3)24-16-8-6-14(19)7-9-16/h6-9,12-13,15H,4-5,10-11H2,1-3H3,(H,20,22). The Balaban J connectivity index is 1.90. The number of rotatable bonds is 5. The minimum absolute atomic E-state index is 0.0250. The molecular weight excluding hydrogens is 388 g/mol. The monoisotopic (exact) mass is 412 g/mol. The van der Waals surface area contributed by atoms with E-state index >= 15 is 0 Å². The van der Waals surface area contributed by atoms with Gasteiger partial charge in [-0.3, -0.25) is 9.59 Å². The number of halogens is 1. The lowest BCUT2D eigenvalue weighted by molar-refractivity contribution is -0.133. The summed E-state index contributed by atoms with van der Waals surface area (Å²) in [6.07, 6.45) is 1.88. The topological polar surface area (TPSA) is 49.4 Å². The van der Waals surface area contributed by atoms with E-state index in [9.17, 15) is 9.59 Å². The molecule has 2 amide bonds. The number of amides is 2. The average Bonchev–Trinajstić information content (AvgIpc) is 2.56. The summed E-state index contributed by atoms with van der Waals surface area (Å²) in [4.78, 5) is 27.6. The minimum atomic E-state index is -0.134. The van der Waals surface area contributed by atoms with Gasteiger partial charge in [0, 0.05) is 34.4 Å². The lowest BCUT2D eigenvalue weighted by Crippen LogP contribution is -2.51. The van der Waals surface area contributed by atoms with Gasteiger partial charge >= 0.3 is 0 Å². The van der Waals surface area contributed by atoms with Crippen LogP contribution in [0.15, 0.2) is 33.6 Å². The molecular formula is C18H25BrN2O2S. The van der Waals surface area contributed by atoms with Gasteiger partial charge in [-0.2, -0.15) is 0 Å². The summed E-state index contributed by atoms with van der Waals surface area (Å²) in [6.45, 7) is 7.11. The van der Waals surface area contributed by atoms with Crippen LogP contribution < -0.4 is 5.32 Å². The Morgan fingerprint density at radius 1 is 1.25 bits per heavy atom. The molecule has 2 atom stereocenters. The van der Waals surface area contributed by atoms with Gasteiger partial charge in [0.1, 0.15) is 0 Å². The number of benzene rings is 1. The van der Waals surface area contributed by atoms with Crippen molar-refractivity contribution < 1.29 is 9.59 Å². The molecule has 2 rings (SSSR count). The highest BCUT2D eigenvalue weighted by molar-refractivity contribution is 9.10. The lowest BCUT2D eigenvalue weighted by Gasteiger charge is -2.34. The fraction of sp³-hybridized carbons (Fsp3) is 0.556. The molecule has 1 fully saturated rings. The van der Waals surface area contributed by atoms with Crippen LogP contribution in [0, 0.1) is 5.92 Å². The SMILES string of the molecule is CC(C)C(=O)NC1CCCN(C(=O)C(C)Sc2ccc(Br)cc2)C1. The molecule has 1 heterocycles. The maximum atomic E-state index is 12.7. The van der Waals surface area contributed by atoms with Gasteiger partial charge in [0.05, 0.1) is 5.25 Å². The van der Waals surface area contributed by atoms with Crippen LogP contribution in [-0.2, 0) is 9.59 Å². The summed E-state index contributed by atoms with van der Waals surface area (Å²) in [6, 6.07) is 8.07. The van der Waals surface area contributed by atoms with Crippen LogP contribution in [0.3, 0.4) is 0 Å². The van der Waals surface area contributed by atoms with E-state index in [1.807, 2.05) is 49.9 Å². The van der Waals surface area contributed by atoms with Crippen LogP contribution in [0.25, 0.3) is 0 Å². The zero-order valence-electron chi connectivity index (χ0n) is 14.4. The van der Waals surface area contributed by atoms with E-state index in [-0.39, 0.29) is 29.0 Å². The van der Waals surface area contributed by atoms with Gasteiger partial charge in [-0.25, -0.2) is 0 Å². The normalized spacial score (nSPS) is 19.2. The molecule has 1 aromatic carbocycles. The summed E-state index contributed by atoms with van der Waals surface area (Å²) in [7, 11) is 0. The Hall–Kier alpha value is -1.01. The molecule has 24 heavy (non-hydrogen) atoms. The Morgan fingerprint density at radius 3 is 2.54 bits per heavy atom. The number of thioether (sulfide) groups is 1. The van der Waals surface area contributed by atoms with Crippen molar-refractivity contribution in [3.8, 4) is 0 Å². The number of nitrogens with one attached hydrogen (secondary N) is 1. The maximum Gasteiger partial charge on any atom is 0.235 e. The molecule has 1 aliphatic heterocycles. The lowest BCUT2D eigenvalue weighted by atomic mass is 10.0. The molecule has 0 spiro atoms. The summed E-state index contributed by atoms with van der Waals surface area (Å²) >= 11 is 5.00. The van der Waals surface area contributed by atoms with Crippen LogP contribution in [0.2, 0.25) is 0 Å². The predicted octanol–water partition coefficient (Wildman–Crippen LogP) is 3.69. The average molecular weight is 413 g/mol. The maximum absolute atomic E-state index is 12.7. The van der Waals surface area contributed by atoms with Gasteiger partial charge in [-0.15, -0.1) is 11.8 Å². The molecule has 0 saturated carbocycles. The van der Waals surface area contributed by atoms with Crippen molar-refractivity contribution in [3.63, 3.8) is 0 Å². The third-order valence-electron chi connectivity index (χ3n) is 4.08. The van der Waals surface area contributed by atoms with Gasteiger partial charge in [-0.1, -0.05) is 29.8 Å². The second-order valence-electron chi connectivity index (χ2n) is 6.50. The van der Waals surface area contributed by atoms with E-state index < -0.39 is 0 Å². The van der Waals surface area contributed by atoms with Crippen molar-refractivity contribution in [2.45, 2.75) is 49.8 Å². The smallest absolute Gasteiger partial charge is 0.235 e. The zero-order valence-corrected chi connectivity index (χ0v) is 16.8. The molecule has 1 N–H and O–H groups in total. The van der Waals surface area contributed by atoms with Crippen LogP contribution in [0.1, 0.15) is 33.6 Å². The molecule has 0 aromatic heterocycles. The number of piperidine rings is 1. The first-order valence-electron chi connectivity index (χ1n) is 8.38. The number of carbonyl (C=O) groups excluding carboxylic acids is 2. The van der Waals surface area contributed by atoms with Crippen molar-refractivity contribution in [2.24, 2.45) is 5.92 Å². The molecule has 0 radical (unpaired) electrons. The molecule has 1 saturated heterocycles. The van der Waals surface area contributed by atoms with Crippen molar-refractivity contribution >= 4 is 39.5 Å². The molecule has 6 heteroatoms. The number of hydrogen-bond donors (Lipinski definition) is 1. The van der Waals surface area contributed by atoms with Gasteiger partial charge in [-0.05, 0) is 44.0 Å². The van der Waals surface area contributed by atoms with Gasteiger partial charge in [0.2, 0.25) is 11.8 Å². The number of hydrogen-bond acceptors (Lipinski definition) is 3. The number of likely N-dealkylation sites (tertiary alicyclic amines) is 1. The van der Waals surface area contributed by atoms with Crippen molar-refractivity contribution in [2.75, 3.05) is 13.1 Å². The highest BCUT2D eigenvalue weighted by Crippen LogP contribution is 2.26. The van der Waals surface area contributed by atoms with E-state index in [1.54, 1.807) is 11.8 Å². The second-order valence-corrected chi connectivity index (χ2v) is 8.83. The summed E-state index contributed by atoms with van der Waals surface area (Å²) in [5, 5.41) is 2.92. The Morgan fingerprint density at radius 2 is 1.92 bits per heavy atom. The van der Waals surface area contributed by atoms with E-state index in [4.69, 9.17) is 0 Å². The van der Waals surface area contributed by atoms with Crippen LogP contribution in [0.5, 0.6) is 0 Å². The van der Waals surface area contributed by atoms with Gasteiger partial charge in [0.25, 0.3) is 0 Å². The second kappa shape index (κ2) is 8.90. The van der Waals surface area contributed by atoms with Crippen molar-refractivity contribution in [3.05, 3.63) is 28.7 Å². The van der Waals surface area contributed by atoms with E-state index in [0.717, 1.165) is 28.8 Å². The van der Waals surface area contributed by atoms with Gasteiger partial charge < -0.3 is 10.2 Å². The largest absolute Gasteiger partial charge is 0.351 e. The summed E-state index contributed by atoms with van der Waals surface area (Å²) in [5.41, 5.74) is 0. The molecule has 0 aliphatic carbocycles. The van der Waals surface area contributed by atoms with Crippen LogP contribution in [-0.4, -0.2) is 41.1 Å². The van der Waals surface area contributed by atoms with Crippen molar-refractivity contribution in [1.29, 1.82) is 0 Å². The number of carbonyl (C=O) groups is 2. The molecule has 0 bridgehead atoms. The third kappa shape index (κ3) is 5.52. The Bertz CT molecular complexity index is 577. The quantitative estimate of drug-likeness (QED) is 0.749. The molecule has 4 nitrogen and oxygen atoms in total. The van der Waals surface area contributed by atoms with Crippen molar-refractivity contribution in [1.82, 2.24) is 10.2 Å². The molecule has 2 unspecified atom stereocenters. The fourth-order valence-corrected chi connectivity index (χ4v) is 3.90. The molecule has 132 valence electrons. The minimum Gasteiger partial charge on any atom is -0.351 e. The number of nitrogens with zero attached hydrogens (tertiary/aromatic N) is 1. The van der Waals surface area contributed by atoms with E-state index in [2.05, 4.69) is 21.2 Å². The van der Waals surface area contributed by atoms with E-state index in [1.165, 1.54) is 0 Å². The van der Waals surface area contributed by atoms with Crippen LogP contribution >= 0.6 is 27.7 Å². The first-order valence-corrected chi connectivity index (χ1v) is 10.1. The summed E-state index contributed by atoms with van der Waals surface area (Å²) in [5.74, 6) is 0.181.